The number of anilines is 1. The molecule has 0 aliphatic carbocycles. The van der Waals surface area contributed by atoms with Crippen LogP contribution in [0.3, 0.4) is 0 Å². The predicted molar refractivity (Wildman–Crippen MR) is 86.5 cm³/mol. The van der Waals surface area contributed by atoms with E-state index < -0.39 is 0 Å². The van der Waals surface area contributed by atoms with Crippen molar-refractivity contribution in [2.24, 2.45) is 7.05 Å². The highest BCUT2D eigenvalue weighted by molar-refractivity contribution is 9.10. The molecule has 6 heteroatoms. The Hall–Kier alpha value is -1.72. The maximum atomic E-state index is 6.15. The van der Waals surface area contributed by atoms with E-state index >= 15 is 0 Å². The maximum absolute atomic E-state index is 6.15. The summed E-state index contributed by atoms with van der Waals surface area (Å²) in [6, 6.07) is 9.33. The zero-order chi connectivity index (χ0) is 14.8. The second-order valence-corrected chi connectivity index (χ2v) is 5.88. The molecular formula is C15H13BrClN3O. The summed E-state index contributed by atoms with van der Waals surface area (Å²) < 4.78 is 8.36. The smallest absolute Gasteiger partial charge is 0.143 e. The fourth-order valence-electron chi connectivity index (χ4n) is 2.13. The first-order valence-electron chi connectivity index (χ1n) is 6.37. The van der Waals surface area contributed by atoms with Crippen molar-refractivity contribution in [2.45, 2.75) is 6.04 Å². The Morgan fingerprint density at radius 3 is 2.86 bits per heavy atom. The summed E-state index contributed by atoms with van der Waals surface area (Å²) in [7, 11) is 1.95. The zero-order valence-corrected chi connectivity index (χ0v) is 13.6. The fourth-order valence-corrected chi connectivity index (χ4v) is 2.55. The number of furan rings is 1. The lowest BCUT2D eigenvalue weighted by Crippen LogP contribution is -2.16. The quantitative estimate of drug-likeness (QED) is 0.732. The Morgan fingerprint density at radius 2 is 2.24 bits per heavy atom. The van der Waals surface area contributed by atoms with Crippen molar-refractivity contribution in [1.82, 2.24) is 9.55 Å². The SMILES string of the molecule is Cn1ccnc1C(Nc1ccc(Br)c(Cl)c1)c1ccco1. The van der Waals surface area contributed by atoms with Gasteiger partial charge in [-0.15, -0.1) is 0 Å². The molecule has 0 saturated carbocycles. The van der Waals surface area contributed by atoms with E-state index in [1.807, 2.05) is 48.1 Å². The molecule has 0 aliphatic rings. The summed E-state index contributed by atoms with van der Waals surface area (Å²) in [6.07, 6.45) is 5.32. The molecule has 108 valence electrons. The van der Waals surface area contributed by atoms with Crippen LogP contribution in [0.1, 0.15) is 17.6 Å². The van der Waals surface area contributed by atoms with E-state index in [0.717, 1.165) is 21.7 Å². The molecule has 2 aromatic heterocycles. The van der Waals surface area contributed by atoms with Crippen LogP contribution in [0.2, 0.25) is 5.02 Å². The molecule has 0 fully saturated rings. The Labute approximate surface area is 135 Å². The second-order valence-electron chi connectivity index (χ2n) is 4.62. The van der Waals surface area contributed by atoms with Crippen molar-refractivity contribution in [2.75, 3.05) is 5.32 Å². The van der Waals surface area contributed by atoms with E-state index in [9.17, 15) is 0 Å². The molecular weight excluding hydrogens is 354 g/mol. The number of nitrogens with zero attached hydrogens (tertiary/aromatic N) is 2. The number of imidazole rings is 1. The summed E-state index contributed by atoms with van der Waals surface area (Å²) in [5.41, 5.74) is 0.896. The van der Waals surface area contributed by atoms with Gasteiger partial charge in [-0.25, -0.2) is 4.98 Å². The van der Waals surface area contributed by atoms with Crippen LogP contribution in [0.15, 0.2) is 57.9 Å². The van der Waals surface area contributed by atoms with Crippen molar-refractivity contribution >= 4 is 33.2 Å². The molecule has 0 amide bonds. The van der Waals surface area contributed by atoms with Gasteiger partial charge < -0.3 is 14.3 Å². The molecule has 1 N–H and O–H groups in total. The van der Waals surface area contributed by atoms with Crippen molar-refractivity contribution < 1.29 is 4.42 Å². The van der Waals surface area contributed by atoms with Gasteiger partial charge in [0, 0.05) is 29.6 Å². The average Bonchev–Trinajstić information content (AvgIpc) is 3.12. The van der Waals surface area contributed by atoms with Gasteiger partial charge in [-0.1, -0.05) is 11.6 Å². The number of aromatic nitrogens is 2. The van der Waals surface area contributed by atoms with E-state index in [0.29, 0.717) is 5.02 Å². The standard InChI is InChI=1S/C15H13BrClN3O/c1-20-7-6-18-15(20)14(13-3-2-8-21-13)19-10-4-5-11(16)12(17)9-10/h2-9,14,19H,1H3. The predicted octanol–water partition coefficient (Wildman–Crippen LogP) is 4.63. The molecule has 3 aromatic rings. The van der Waals surface area contributed by atoms with Crippen molar-refractivity contribution in [3.05, 3.63) is 70.1 Å². The molecule has 21 heavy (non-hydrogen) atoms. The lowest BCUT2D eigenvalue weighted by atomic mass is 10.2. The number of hydrogen-bond donors (Lipinski definition) is 1. The third-order valence-electron chi connectivity index (χ3n) is 3.17. The summed E-state index contributed by atoms with van der Waals surface area (Å²) in [5, 5.41) is 4.06. The Morgan fingerprint density at radius 1 is 1.38 bits per heavy atom. The minimum atomic E-state index is -0.183. The van der Waals surface area contributed by atoms with Crippen LogP contribution in [0.4, 0.5) is 5.69 Å². The average molecular weight is 367 g/mol. The van der Waals surface area contributed by atoms with E-state index in [1.165, 1.54) is 0 Å². The molecule has 4 nitrogen and oxygen atoms in total. The van der Waals surface area contributed by atoms with Crippen LogP contribution < -0.4 is 5.32 Å². The molecule has 1 atom stereocenters. The minimum Gasteiger partial charge on any atom is -0.467 e. The highest BCUT2D eigenvalue weighted by atomic mass is 79.9. The third kappa shape index (κ3) is 2.99. The summed E-state index contributed by atoms with van der Waals surface area (Å²) in [6.45, 7) is 0. The number of hydrogen-bond acceptors (Lipinski definition) is 3. The van der Waals surface area contributed by atoms with Crippen LogP contribution in [-0.2, 0) is 7.05 Å². The lowest BCUT2D eigenvalue weighted by Gasteiger charge is -2.18. The summed E-state index contributed by atoms with van der Waals surface area (Å²) in [4.78, 5) is 4.41. The van der Waals surface area contributed by atoms with Crippen LogP contribution >= 0.6 is 27.5 Å². The van der Waals surface area contributed by atoms with Gasteiger partial charge in [0.15, 0.2) is 0 Å². The van der Waals surface area contributed by atoms with E-state index in [4.69, 9.17) is 16.0 Å². The zero-order valence-electron chi connectivity index (χ0n) is 11.3. The van der Waals surface area contributed by atoms with E-state index in [1.54, 1.807) is 12.5 Å². The Balaban J connectivity index is 1.97. The molecule has 0 saturated heterocycles. The lowest BCUT2D eigenvalue weighted by molar-refractivity contribution is 0.488. The van der Waals surface area contributed by atoms with Crippen molar-refractivity contribution in [1.29, 1.82) is 0 Å². The molecule has 0 aliphatic heterocycles. The molecule has 0 bridgehead atoms. The Bertz CT molecular complexity index is 739. The van der Waals surface area contributed by atoms with Gasteiger partial charge in [0.1, 0.15) is 17.6 Å². The monoisotopic (exact) mass is 365 g/mol. The topological polar surface area (TPSA) is 43.0 Å². The van der Waals surface area contributed by atoms with Crippen molar-refractivity contribution in [3.8, 4) is 0 Å². The molecule has 3 rings (SSSR count). The summed E-state index contributed by atoms with van der Waals surface area (Å²) >= 11 is 9.54. The van der Waals surface area contributed by atoms with Gasteiger partial charge >= 0.3 is 0 Å². The summed E-state index contributed by atoms with van der Waals surface area (Å²) in [5.74, 6) is 1.66. The first kappa shape index (κ1) is 14.2. The fraction of sp³-hybridized carbons (Fsp3) is 0.133. The van der Waals surface area contributed by atoms with E-state index in [-0.39, 0.29) is 6.04 Å². The van der Waals surface area contributed by atoms with Gasteiger partial charge in [0.25, 0.3) is 0 Å². The van der Waals surface area contributed by atoms with Gasteiger partial charge in [-0.05, 0) is 46.3 Å². The first-order chi connectivity index (χ1) is 10.1. The van der Waals surface area contributed by atoms with Gasteiger partial charge in [-0.2, -0.15) is 0 Å². The minimum absolute atomic E-state index is 0.183. The highest BCUT2D eigenvalue weighted by Gasteiger charge is 2.21. The second kappa shape index (κ2) is 5.95. The molecule has 0 spiro atoms. The number of nitrogens with one attached hydrogen (secondary N) is 1. The largest absolute Gasteiger partial charge is 0.467 e. The molecule has 1 aromatic carbocycles. The van der Waals surface area contributed by atoms with Crippen LogP contribution in [0, 0.1) is 0 Å². The normalized spacial score (nSPS) is 12.3. The molecule has 1 unspecified atom stereocenters. The molecule has 0 radical (unpaired) electrons. The van der Waals surface area contributed by atoms with Crippen LogP contribution in [0.25, 0.3) is 0 Å². The first-order valence-corrected chi connectivity index (χ1v) is 7.54. The van der Waals surface area contributed by atoms with Gasteiger partial charge in [0.05, 0.1) is 11.3 Å². The van der Waals surface area contributed by atoms with Crippen LogP contribution in [0.5, 0.6) is 0 Å². The molecule has 2 heterocycles. The number of halogens is 2. The van der Waals surface area contributed by atoms with Gasteiger partial charge in [0.2, 0.25) is 0 Å². The number of aryl methyl sites for hydroxylation is 1. The van der Waals surface area contributed by atoms with Crippen LogP contribution in [-0.4, -0.2) is 9.55 Å². The van der Waals surface area contributed by atoms with Gasteiger partial charge in [-0.3, -0.25) is 0 Å². The number of rotatable bonds is 4. The van der Waals surface area contributed by atoms with E-state index in [2.05, 4.69) is 26.2 Å². The third-order valence-corrected chi connectivity index (χ3v) is 4.41. The van der Waals surface area contributed by atoms with Crippen molar-refractivity contribution in [3.63, 3.8) is 0 Å². The maximum Gasteiger partial charge on any atom is 0.143 e. The number of benzene rings is 1. The Kier molecular flexibility index (Phi) is 4.03. The highest BCUT2D eigenvalue weighted by Crippen LogP contribution is 2.30.